The van der Waals surface area contributed by atoms with Crippen molar-refractivity contribution in [1.29, 1.82) is 0 Å². The summed E-state index contributed by atoms with van der Waals surface area (Å²) in [7, 11) is 0. The molecule has 0 bridgehead atoms. The van der Waals surface area contributed by atoms with Gasteiger partial charge in [0.05, 0.1) is 11.3 Å². The molecule has 4 nitrogen and oxygen atoms in total. The fraction of sp³-hybridized carbons (Fsp3) is 0.286. The lowest BCUT2D eigenvalue weighted by Gasteiger charge is -2.27. The van der Waals surface area contributed by atoms with E-state index in [9.17, 15) is 13.2 Å². The molecule has 2 aromatic heterocycles. The number of fused-ring (bicyclic) bond motifs is 1. The van der Waals surface area contributed by atoms with Gasteiger partial charge in [0, 0.05) is 55.3 Å². The molecule has 4 rings (SSSR count). The molecular formula is C21H19F3N4. The van der Waals surface area contributed by atoms with Crippen LogP contribution in [0.25, 0.3) is 11.3 Å². The summed E-state index contributed by atoms with van der Waals surface area (Å²) in [6, 6.07) is 8.94. The normalized spacial score (nSPS) is 14.7. The Bertz CT molecular complexity index is 984. The summed E-state index contributed by atoms with van der Waals surface area (Å²) >= 11 is 0. The first kappa shape index (κ1) is 18.6. The van der Waals surface area contributed by atoms with Crippen LogP contribution in [0.4, 0.5) is 13.2 Å². The highest BCUT2D eigenvalue weighted by Crippen LogP contribution is 2.31. The Labute approximate surface area is 161 Å². The number of aryl methyl sites for hydroxylation is 1. The molecule has 1 aliphatic rings. The molecule has 3 aromatic rings. The first-order valence-electron chi connectivity index (χ1n) is 9.05. The average molecular weight is 384 g/mol. The van der Waals surface area contributed by atoms with Gasteiger partial charge in [0.1, 0.15) is 5.82 Å². The van der Waals surface area contributed by atoms with Gasteiger partial charge in [-0.15, -0.1) is 0 Å². The smallest absolute Gasteiger partial charge is 0.294 e. The van der Waals surface area contributed by atoms with Crippen molar-refractivity contribution < 1.29 is 13.2 Å². The topological polar surface area (TPSA) is 41.9 Å². The monoisotopic (exact) mass is 384 g/mol. The molecule has 0 saturated carbocycles. The summed E-state index contributed by atoms with van der Waals surface area (Å²) in [6.07, 6.45) is 0.146. The van der Waals surface area contributed by atoms with Crippen LogP contribution in [0.2, 0.25) is 0 Å². The Morgan fingerprint density at radius 1 is 1.07 bits per heavy atom. The molecule has 7 heteroatoms. The summed E-state index contributed by atoms with van der Waals surface area (Å²) < 4.78 is 38.7. The first-order chi connectivity index (χ1) is 13.4. The van der Waals surface area contributed by atoms with E-state index < -0.39 is 11.7 Å². The molecule has 0 spiro atoms. The van der Waals surface area contributed by atoms with Crippen LogP contribution in [-0.2, 0) is 25.7 Å². The molecule has 1 aromatic carbocycles. The third-order valence-corrected chi connectivity index (χ3v) is 4.85. The predicted octanol–water partition coefficient (Wildman–Crippen LogP) is 4.42. The number of halogens is 3. The molecule has 144 valence electrons. The highest BCUT2D eigenvalue weighted by molar-refractivity contribution is 5.60. The number of aromatic nitrogens is 3. The van der Waals surface area contributed by atoms with Gasteiger partial charge in [0.15, 0.2) is 0 Å². The lowest BCUT2D eigenvalue weighted by Crippen LogP contribution is -2.31. The van der Waals surface area contributed by atoms with Crippen molar-refractivity contribution in [1.82, 2.24) is 19.9 Å². The number of alkyl halides is 3. The molecular weight excluding hydrogens is 365 g/mol. The molecule has 28 heavy (non-hydrogen) atoms. The van der Waals surface area contributed by atoms with E-state index in [1.807, 2.05) is 19.2 Å². The Kier molecular flexibility index (Phi) is 4.85. The second-order valence-electron chi connectivity index (χ2n) is 6.98. The van der Waals surface area contributed by atoms with E-state index in [2.05, 4.69) is 19.9 Å². The third-order valence-electron chi connectivity index (χ3n) is 4.85. The zero-order valence-corrected chi connectivity index (χ0v) is 15.4. The minimum absolute atomic E-state index is 0.459. The predicted molar refractivity (Wildman–Crippen MR) is 99.3 cm³/mol. The number of pyridine rings is 1. The Balaban J connectivity index is 1.46. The molecule has 0 aliphatic carbocycles. The lowest BCUT2D eigenvalue weighted by molar-refractivity contribution is -0.137. The van der Waals surface area contributed by atoms with E-state index >= 15 is 0 Å². The maximum Gasteiger partial charge on any atom is 0.416 e. The van der Waals surface area contributed by atoms with E-state index in [1.165, 1.54) is 6.07 Å². The van der Waals surface area contributed by atoms with Crippen molar-refractivity contribution in [3.05, 3.63) is 77.0 Å². The van der Waals surface area contributed by atoms with Crippen LogP contribution in [-0.4, -0.2) is 26.4 Å². The molecule has 0 radical (unpaired) electrons. The quantitative estimate of drug-likeness (QED) is 0.670. The van der Waals surface area contributed by atoms with Crippen LogP contribution < -0.4 is 0 Å². The zero-order valence-electron chi connectivity index (χ0n) is 15.4. The summed E-state index contributed by atoms with van der Waals surface area (Å²) in [5, 5.41) is 0. The minimum atomic E-state index is -4.36. The molecule has 0 N–H and O–H groups in total. The third kappa shape index (κ3) is 4.04. The molecule has 0 atom stereocenters. The summed E-state index contributed by atoms with van der Waals surface area (Å²) in [4.78, 5) is 15.4. The number of rotatable bonds is 3. The first-order valence-corrected chi connectivity index (χ1v) is 9.05. The molecule has 0 amide bonds. The van der Waals surface area contributed by atoms with Crippen LogP contribution in [0, 0.1) is 6.92 Å². The standard InChI is InChI=1S/C21H19F3N4/c1-14-25-11-17-13-28(8-7-20(17)27-14)12-15-5-6-19(26-10-15)16-3-2-4-18(9-16)21(22,23)24/h2-6,9-11H,7-8,12-13H2,1H3. The second-order valence-corrected chi connectivity index (χ2v) is 6.98. The second kappa shape index (κ2) is 7.31. The summed E-state index contributed by atoms with van der Waals surface area (Å²) in [6.45, 7) is 4.30. The van der Waals surface area contributed by atoms with Gasteiger partial charge in [-0.25, -0.2) is 9.97 Å². The van der Waals surface area contributed by atoms with Crippen LogP contribution in [0.3, 0.4) is 0 Å². The van der Waals surface area contributed by atoms with Crippen molar-refractivity contribution in [2.24, 2.45) is 0 Å². The van der Waals surface area contributed by atoms with Gasteiger partial charge in [-0.1, -0.05) is 18.2 Å². The number of hydrogen-bond acceptors (Lipinski definition) is 4. The van der Waals surface area contributed by atoms with Gasteiger partial charge < -0.3 is 0 Å². The molecule has 3 heterocycles. The van der Waals surface area contributed by atoms with Crippen LogP contribution >= 0.6 is 0 Å². The van der Waals surface area contributed by atoms with Gasteiger partial charge >= 0.3 is 6.18 Å². The number of benzene rings is 1. The van der Waals surface area contributed by atoms with E-state index in [-0.39, 0.29) is 0 Å². The maximum absolute atomic E-state index is 12.9. The van der Waals surface area contributed by atoms with Gasteiger partial charge in [0.2, 0.25) is 0 Å². The Hall–Kier alpha value is -2.80. The molecule has 0 unspecified atom stereocenters. The molecule has 0 fully saturated rings. The number of hydrogen-bond donors (Lipinski definition) is 0. The van der Waals surface area contributed by atoms with E-state index in [0.717, 1.165) is 60.8 Å². The van der Waals surface area contributed by atoms with Crippen molar-refractivity contribution in [2.75, 3.05) is 6.54 Å². The van der Waals surface area contributed by atoms with Crippen molar-refractivity contribution >= 4 is 0 Å². The fourth-order valence-corrected chi connectivity index (χ4v) is 3.41. The van der Waals surface area contributed by atoms with Crippen molar-refractivity contribution in [3.8, 4) is 11.3 Å². The van der Waals surface area contributed by atoms with Crippen LogP contribution in [0.15, 0.2) is 48.8 Å². The lowest BCUT2D eigenvalue weighted by atomic mass is 10.1. The molecule has 0 saturated heterocycles. The van der Waals surface area contributed by atoms with Gasteiger partial charge in [-0.05, 0) is 30.7 Å². The molecule has 1 aliphatic heterocycles. The Morgan fingerprint density at radius 2 is 1.93 bits per heavy atom. The van der Waals surface area contributed by atoms with Gasteiger partial charge in [-0.2, -0.15) is 13.2 Å². The van der Waals surface area contributed by atoms with E-state index in [1.54, 1.807) is 18.3 Å². The van der Waals surface area contributed by atoms with Gasteiger partial charge in [-0.3, -0.25) is 9.88 Å². The minimum Gasteiger partial charge on any atom is -0.294 e. The SMILES string of the molecule is Cc1ncc2c(n1)CCN(Cc1ccc(-c3cccc(C(F)(F)F)c3)nc1)C2. The Morgan fingerprint density at radius 3 is 2.68 bits per heavy atom. The summed E-state index contributed by atoms with van der Waals surface area (Å²) in [5.74, 6) is 0.793. The van der Waals surface area contributed by atoms with E-state index in [0.29, 0.717) is 11.3 Å². The van der Waals surface area contributed by atoms with Gasteiger partial charge in [0.25, 0.3) is 0 Å². The van der Waals surface area contributed by atoms with Crippen molar-refractivity contribution in [3.63, 3.8) is 0 Å². The number of nitrogens with zero attached hydrogens (tertiary/aromatic N) is 4. The maximum atomic E-state index is 12.9. The van der Waals surface area contributed by atoms with Crippen molar-refractivity contribution in [2.45, 2.75) is 32.6 Å². The van der Waals surface area contributed by atoms with E-state index in [4.69, 9.17) is 0 Å². The highest BCUT2D eigenvalue weighted by Gasteiger charge is 2.30. The fourth-order valence-electron chi connectivity index (χ4n) is 3.41. The van der Waals surface area contributed by atoms with Crippen LogP contribution in [0.1, 0.15) is 28.2 Å². The zero-order chi connectivity index (χ0) is 19.7. The highest BCUT2D eigenvalue weighted by atomic mass is 19.4. The summed E-state index contributed by atoms with van der Waals surface area (Å²) in [5.41, 5.74) is 3.60. The average Bonchev–Trinajstić information content (AvgIpc) is 2.68. The largest absolute Gasteiger partial charge is 0.416 e. The van der Waals surface area contributed by atoms with Crippen LogP contribution in [0.5, 0.6) is 0 Å².